The van der Waals surface area contributed by atoms with E-state index in [1.165, 1.54) is 23.1 Å². The largest absolute Gasteiger partial charge is 0.466 e. The fourth-order valence-electron chi connectivity index (χ4n) is 2.27. The molecule has 10 heteroatoms. The van der Waals surface area contributed by atoms with Crippen LogP contribution in [0.5, 0.6) is 0 Å². The molecule has 8 nitrogen and oxygen atoms in total. The van der Waals surface area contributed by atoms with E-state index in [0.717, 1.165) is 16.5 Å². The summed E-state index contributed by atoms with van der Waals surface area (Å²) in [5.41, 5.74) is 2.60. The zero-order valence-electron chi connectivity index (χ0n) is 15.9. The molecule has 0 spiro atoms. The van der Waals surface area contributed by atoms with E-state index in [0.29, 0.717) is 30.6 Å². The van der Waals surface area contributed by atoms with Gasteiger partial charge in [-0.15, -0.1) is 11.3 Å². The number of nitrogens with one attached hydrogen (secondary N) is 1. The van der Waals surface area contributed by atoms with E-state index >= 15 is 0 Å². The first-order valence-corrected chi connectivity index (χ1v) is 10.4. The van der Waals surface area contributed by atoms with Gasteiger partial charge >= 0.3 is 5.97 Å². The summed E-state index contributed by atoms with van der Waals surface area (Å²) >= 11 is 2.65. The quantitative estimate of drug-likeness (QED) is 0.473. The van der Waals surface area contributed by atoms with Crippen molar-refractivity contribution in [3.05, 3.63) is 22.5 Å². The average molecular weight is 413 g/mol. The molecule has 0 saturated carbocycles. The van der Waals surface area contributed by atoms with Crippen molar-refractivity contribution < 1.29 is 19.1 Å². The Labute approximate surface area is 166 Å². The van der Waals surface area contributed by atoms with E-state index in [1.807, 2.05) is 13.8 Å². The second kappa shape index (κ2) is 10.4. The van der Waals surface area contributed by atoms with Gasteiger partial charge in [0.05, 0.1) is 36.8 Å². The number of aryl methyl sites for hydroxylation is 1. The summed E-state index contributed by atoms with van der Waals surface area (Å²) in [6, 6.07) is 0. The van der Waals surface area contributed by atoms with Crippen molar-refractivity contribution in [1.29, 1.82) is 0 Å². The van der Waals surface area contributed by atoms with E-state index in [9.17, 15) is 9.59 Å². The lowest BCUT2D eigenvalue weighted by Gasteiger charge is -2.09. The maximum atomic E-state index is 12.2. The minimum atomic E-state index is -0.329. The Morgan fingerprint density at radius 3 is 2.81 bits per heavy atom. The number of rotatable bonds is 10. The highest BCUT2D eigenvalue weighted by molar-refractivity contribution is 7.99. The highest BCUT2D eigenvalue weighted by atomic mass is 32.2. The number of imidazole rings is 1. The van der Waals surface area contributed by atoms with Gasteiger partial charge in [-0.2, -0.15) is 0 Å². The summed E-state index contributed by atoms with van der Waals surface area (Å²) < 4.78 is 12.1. The fraction of sp³-hybridized carbons (Fsp3) is 0.529. The summed E-state index contributed by atoms with van der Waals surface area (Å²) in [4.78, 5) is 32.5. The number of aromatic nitrogens is 3. The Hall–Kier alpha value is -1.91. The maximum Gasteiger partial charge on any atom is 0.311 e. The normalized spacial score (nSPS) is 10.8. The lowest BCUT2D eigenvalue weighted by atomic mass is 10.3. The van der Waals surface area contributed by atoms with Crippen molar-refractivity contribution in [3.8, 4) is 0 Å². The summed E-state index contributed by atoms with van der Waals surface area (Å²) in [6.07, 6.45) is 0.102. The van der Waals surface area contributed by atoms with Crippen LogP contribution < -0.4 is 5.32 Å². The Morgan fingerprint density at radius 2 is 2.11 bits per heavy atom. The van der Waals surface area contributed by atoms with Crippen molar-refractivity contribution in [2.45, 2.75) is 38.9 Å². The van der Waals surface area contributed by atoms with Crippen LogP contribution in [0.25, 0.3) is 0 Å². The van der Waals surface area contributed by atoms with Crippen molar-refractivity contribution in [2.24, 2.45) is 0 Å². The molecule has 2 aromatic heterocycles. The van der Waals surface area contributed by atoms with Crippen LogP contribution in [0.1, 0.15) is 24.0 Å². The van der Waals surface area contributed by atoms with Gasteiger partial charge in [0.15, 0.2) is 10.3 Å². The summed E-state index contributed by atoms with van der Waals surface area (Å²) in [6.45, 7) is 7.32. The van der Waals surface area contributed by atoms with Gasteiger partial charge < -0.3 is 19.4 Å². The molecule has 2 heterocycles. The molecule has 0 aliphatic carbocycles. The van der Waals surface area contributed by atoms with Crippen LogP contribution in [0.15, 0.2) is 10.5 Å². The lowest BCUT2D eigenvalue weighted by Crippen LogP contribution is -2.15. The minimum absolute atomic E-state index is 0.102. The first kappa shape index (κ1) is 21.4. The highest BCUT2D eigenvalue weighted by Crippen LogP contribution is 2.22. The van der Waals surface area contributed by atoms with Gasteiger partial charge in [-0.25, -0.2) is 9.97 Å². The summed E-state index contributed by atoms with van der Waals surface area (Å²) in [5.74, 6) is -0.283. The number of esters is 1. The molecule has 1 amide bonds. The molecular formula is C17H24N4O4S2. The fourth-order valence-corrected chi connectivity index (χ4v) is 3.91. The van der Waals surface area contributed by atoms with Gasteiger partial charge in [0.25, 0.3) is 0 Å². The molecule has 0 aliphatic rings. The second-order valence-electron chi connectivity index (χ2n) is 5.67. The minimum Gasteiger partial charge on any atom is -0.466 e. The highest BCUT2D eigenvalue weighted by Gasteiger charge is 2.15. The predicted molar refractivity (Wildman–Crippen MR) is 105 cm³/mol. The third-order valence-electron chi connectivity index (χ3n) is 3.70. The standard InChI is InChI=1S/C17H24N4O4S2/c1-5-25-15(23)8-13-9-26-16(19-13)20-14(22)10-27-17-18-11(2)12(3)21(17)6-7-24-4/h9H,5-8,10H2,1-4H3,(H,19,20,22). The Bertz CT molecular complexity index is 788. The number of hydrogen-bond acceptors (Lipinski definition) is 8. The van der Waals surface area contributed by atoms with Crippen LogP contribution >= 0.6 is 23.1 Å². The Kier molecular flexibility index (Phi) is 8.26. The number of ether oxygens (including phenoxy) is 2. The van der Waals surface area contributed by atoms with E-state index in [-0.39, 0.29) is 24.1 Å². The van der Waals surface area contributed by atoms with Crippen molar-refractivity contribution in [1.82, 2.24) is 14.5 Å². The molecule has 27 heavy (non-hydrogen) atoms. The molecule has 1 N–H and O–H groups in total. The van der Waals surface area contributed by atoms with Gasteiger partial charge in [-0.05, 0) is 20.8 Å². The molecular weight excluding hydrogens is 388 g/mol. The van der Waals surface area contributed by atoms with Crippen LogP contribution in [-0.2, 0) is 32.0 Å². The van der Waals surface area contributed by atoms with E-state index in [2.05, 4.69) is 19.9 Å². The first-order valence-electron chi connectivity index (χ1n) is 8.49. The molecule has 0 saturated heterocycles. The van der Waals surface area contributed by atoms with Crippen LogP contribution in [0.4, 0.5) is 5.13 Å². The molecule has 0 aromatic carbocycles. The molecule has 0 atom stereocenters. The molecule has 0 unspecified atom stereocenters. The second-order valence-corrected chi connectivity index (χ2v) is 7.47. The molecule has 0 fully saturated rings. The lowest BCUT2D eigenvalue weighted by molar-refractivity contribution is -0.142. The maximum absolute atomic E-state index is 12.2. The number of thiazole rings is 1. The number of carbonyl (C=O) groups excluding carboxylic acids is 2. The monoisotopic (exact) mass is 412 g/mol. The van der Waals surface area contributed by atoms with Crippen LogP contribution in [0.3, 0.4) is 0 Å². The van der Waals surface area contributed by atoms with Crippen LogP contribution in [0, 0.1) is 13.8 Å². The number of carbonyl (C=O) groups is 2. The SMILES string of the molecule is CCOC(=O)Cc1csc(NC(=O)CSc2nc(C)c(C)n2CCOC)n1. The number of nitrogens with zero attached hydrogens (tertiary/aromatic N) is 3. The molecule has 0 aliphatic heterocycles. The molecule has 2 rings (SSSR count). The number of hydrogen-bond donors (Lipinski definition) is 1. The van der Waals surface area contributed by atoms with Crippen LogP contribution in [0.2, 0.25) is 0 Å². The zero-order valence-corrected chi connectivity index (χ0v) is 17.5. The van der Waals surface area contributed by atoms with E-state index in [4.69, 9.17) is 9.47 Å². The van der Waals surface area contributed by atoms with Gasteiger partial charge in [0.2, 0.25) is 5.91 Å². The third-order valence-corrected chi connectivity index (χ3v) is 5.49. The summed E-state index contributed by atoms with van der Waals surface area (Å²) in [5, 5.41) is 5.75. The average Bonchev–Trinajstić information content (AvgIpc) is 3.16. The van der Waals surface area contributed by atoms with Crippen molar-refractivity contribution in [2.75, 3.05) is 31.4 Å². The van der Waals surface area contributed by atoms with Gasteiger partial charge in [0.1, 0.15) is 0 Å². The predicted octanol–water partition coefficient (Wildman–Crippen LogP) is 2.44. The smallest absolute Gasteiger partial charge is 0.311 e. The first-order chi connectivity index (χ1) is 12.9. The Balaban J connectivity index is 1.89. The number of amides is 1. The molecule has 0 radical (unpaired) electrons. The van der Waals surface area contributed by atoms with E-state index < -0.39 is 0 Å². The van der Waals surface area contributed by atoms with Gasteiger partial charge in [-0.1, -0.05) is 11.8 Å². The van der Waals surface area contributed by atoms with Crippen molar-refractivity contribution >= 4 is 40.1 Å². The topological polar surface area (TPSA) is 95.3 Å². The molecule has 148 valence electrons. The van der Waals surface area contributed by atoms with E-state index in [1.54, 1.807) is 19.4 Å². The van der Waals surface area contributed by atoms with Crippen LogP contribution in [-0.4, -0.2) is 52.5 Å². The van der Waals surface area contributed by atoms with Gasteiger partial charge in [-0.3, -0.25) is 9.59 Å². The van der Waals surface area contributed by atoms with Gasteiger partial charge in [0, 0.05) is 24.7 Å². The summed E-state index contributed by atoms with van der Waals surface area (Å²) in [7, 11) is 1.66. The molecule has 0 bridgehead atoms. The molecule has 2 aromatic rings. The zero-order chi connectivity index (χ0) is 19.8. The number of methoxy groups -OCH3 is 1. The number of thioether (sulfide) groups is 1. The third kappa shape index (κ3) is 6.33. The van der Waals surface area contributed by atoms with Crippen molar-refractivity contribution in [3.63, 3.8) is 0 Å². The Morgan fingerprint density at radius 1 is 1.33 bits per heavy atom. The number of anilines is 1.